The first kappa shape index (κ1) is 18.9. The van der Waals surface area contributed by atoms with Crippen LogP contribution in [0.25, 0.3) is 20.8 Å². The summed E-state index contributed by atoms with van der Waals surface area (Å²) in [6, 6.07) is 10.9. The van der Waals surface area contributed by atoms with Gasteiger partial charge in [0, 0.05) is 24.5 Å². The van der Waals surface area contributed by atoms with Crippen molar-refractivity contribution in [3.8, 4) is 22.1 Å². The molecule has 0 atom stereocenters. The van der Waals surface area contributed by atoms with Gasteiger partial charge in [0.15, 0.2) is 11.6 Å². The van der Waals surface area contributed by atoms with E-state index in [9.17, 15) is 14.5 Å². The van der Waals surface area contributed by atoms with Gasteiger partial charge in [-0.15, -0.1) is 11.3 Å². The maximum absolute atomic E-state index is 14.2. The van der Waals surface area contributed by atoms with E-state index in [1.54, 1.807) is 12.3 Å². The minimum Gasteiger partial charge on any atom is -0.453 e. The molecule has 0 bridgehead atoms. The Morgan fingerprint density at radius 3 is 2.59 bits per heavy atom. The molecule has 1 aromatic carbocycles. The molecular formula is C21H16FN3O3S. The van der Waals surface area contributed by atoms with Crippen molar-refractivity contribution in [2.24, 2.45) is 0 Å². The third kappa shape index (κ3) is 3.79. The van der Waals surface area contributed by atoms with Crippen LogP contribution in [-0.2, 0) is 0 Å². The van der Waals surface area contributed by atoms with Crippen LogP contribution in [0, 0.1) is 15.9 Å². The summed E-state index contributed by atoms with van der Waals surface area (Å²) in [4.78, 5) is 19.9. The molecule has 0 spiro atoms. The number of nitro groups is 1. The summed E-state index contributed by atoms with van der Waals surface area (Å²) in [6.07, 6.45) is 3.44. The van der Waals surface area contributed by atoms with Crippen LogP contribution >= 0.6 is 11.3 Å². The van der Waals surface area contributed by atoms with Crippen molar-refractivity contribution in [1.82, 2.24) is 9.97 Å². The highest BCUT2D eigenvalue weighted by atomic mass is 32.1. The zero-order valence-electron chi connectivity index (χ0n) is 15.6. The molecule has 8 heteroatoms. The fourth-order valence-electron chi connectivity index (χ4n) is 2.82. The van der Waals surface area contributed by atoms with Gasteiger partial charge < -0.3 is 4.74 Å². The van der Waals surface area contributed by atoms with Gasteiger partial charge in [-0.1, -0.05) is 19.9 Å². The number of halogens is 1. The molecule has 0 saturated carbocycles. The van der Waals surface area contributed by atoms with Gasteiger partial charge in [0.2, 0.25) is 0 Å². The molecule has 4 rings (SSSR count). The van der Waals surface area contributed by atoms with Crippen LogP contribution in [0.2, 0.25) is 0 Å². The summed E-state index contributed by atoms with van der Waals surface area (Å²) in [5.74, 6) is -0.0561. The molecule has 0 aliphatic rings. The molecule has 6 nitrogen and oxygen atoms in total. The van der Waals surface area contributed by atoms with E-state index >= 15 is 0 Å². The number of nitrogens with zero attached hydrogens (tertiary/aromatic N) is 3. The average Bonchev–Trinajstić information content (AvgIpc) is 3.14. The SMILES string of the molecule is CC(C)c1ccc(-c2cc3nccc(Oc4ccc([N+](=O)[O-])cc4F)c3s2)nc1. The molecule has 0 saturated heterocycles. The fourth-order valence-corrected chi connectivity index (χ4v) is 3.86. The van der Waals surface area contributed by atoms with Crippen molar-refractivity contribution in [1.29, 1.82) is 0 Å². The van der Waals surface area contributed by atoms with Gasteiger partial charge in [-0.05, 0) is 29.7 Å². The van der Waals surface area contributed by atoms with E-state index in [4.69, 9.17) is 4.74 Å². The molecule has 0 fully saturated rings. The second-order valence-corrected chi connectivity index (χ2v) is 7.79. The second kappa shape index (κ2) is 7.56. The van der Waals surface area contributed by atoms with E-state index < -0.39 is 10.7 Å². The zero-order valence-corrected chi connectivity index (χ0v) is 16.4. The Labute approximate surface area is 169 Å². The van der Waals surface area contributed by atoms with E-state index in [-0.39, 0.29) is 11.4 Å². The molecule has 0 aliphatic heterocycles. The van der Waals surface area contributed by atoms with Crippen molar-refractivity contribution in [2.75, 3.05) is 0 Å². The van der Waals surface area contributed by atoms with E-state index in [0.717, 1.165) is 26.9 Å². The number of hydrogen-bond donors (Lipinski definition) is 0. The Hall–Kier alpha value is -3.39. The summed E-state index contributed by atoms with van der Waals surface area (Å²) in [5.41, 5.74) is 2.36. The minimum absolute atomic E-state index is 0.0857. The molecule has 0 amide bonds. The van der Waals surface area contributed by atoms with Crippen molar-refractivity contribution in [3.05, 3.63) is 76.4 Å². The first-order chi connectivity index (χ1) is 13.9. The Bertz CT molecular complexity index is 1210. The quantitative estimate of drug-likeness (QED) is 0.285. The van der Waals surface area contributed by atoms with Gasteiger partial charge in [-0.3, -0.25) is 20.1 Å². The molecule has 0 radical (unpaired) electrons. The van der Waals surface area contributed by atoms with Gasteiger partial charge in [0.05, 0.1) is 31.8 Å². The molecule has 0 unspecified atom stereocenters. The average molecular weight is 409 g/mol. The number of aromatic nitrogens is 2. The predicted octanol–water partition coefficient (Wildman–Crippen LogP) is 6.32. The van der Waals surface area contributed by atoms with Crippen LogP contribution in [0.1, 0.15) is 25.3 Å². The van der Waals surface area contributed by atoms with Gasteiger partial charge >= 0.3 is 0 Å². The van der Waals surface area contributed by atoms with Crippen LogP contribution in [0.15, 0.2) is 54.9 Å². The van der Waals surface area contributed by atoms with Gasteiger partial charge in [0.25, 0.3) is 5.69 Å². The predicted molar refractivity (Wildman–Crippen MR) is 110 cm³/mol. The lowest BCUT2D eigenvalue weighted by Gasteiger charge is -2.07. The molecule has 0 N–H and O–H groups in total. The van der Waals surface area contributed by atoms with Crippen molar-refractivity contribution in [3.63, 3.8) is 0 Å². The molecule has 146 valence electrons. The number of non-ortho nitro benzene ring substituents is 1. The fraction of sp³-hybridized carbons (Fsp3) is 0.143. The normalized spacial score (nSPS) is 11.2. The smallest absolute Gasteiger partial charge is 0.272 e. The Morgan fingerprint density at radius 1 is 1.10 bits per heavy atom. The van der Waals surface area contributed by atoms with Crippen LogP contribution in [0.3, 0.4) is 0 Å². The Morgan fingerprint density at radius 2 is 1.93 bits per heavy atom. The highest BCUT2D eigenvalue weighted by Crippen LogP contribution is 2.39. The minimum atomic E-state index is -0.799. The molecular weight excluding hydrogens is 393 g/mol. The number of thiophene rings is 1. The number of benzene rings is 1. The van der Waals surface area contributed by atoms with E-state index in [1.807, 2.05) is 18.3 Å². The largest absolute Gasteiger partial charge is 0.453 e. The monoisotopic (exact) mass is 409 g/mol. The summed E-state index contributed by atoms with van der Waals surface area (Å²) < 4.78 is 20.7. The first-order valence-corrected chi connectivity index (χ1v) is 9.70. The zero-order chi connectivity index (χ0) is 20.5. The summed E-state index contributed by atoms with van der Waals surface area (Å²) in [7, 11) is 0. The van der Waals surface area contributed by atoms with Crippen molar-refractivity contribution >= 4 is 27.2 Å². The third-order valence-corrected chi connectivity index (χ3v) is 5.59. The van der Waals surface area contributed by atoms with E-state index in [0.29, 0.717) is 17.2 Å². The Balaban J connectivity index is 1.69. The van der Waals surface area contributed by atoms with Crippen molar-refractivity contribution < 1.29 is 14.1 Å². The van der Waals surface area contributed by atoms with Gasteiger partial charge in [-0.25, -0.2) is 4.39 Å². The third-order valence-electron chi connectivity index (χ3n) is 4.43. The highest BCUT2D eigenvalue weighted by molar-refractivity contribution is 7.22. The maximum Gasteiger partial charge on any atom is 0.272 e. The second-order valence-electron chi connectivity index (χ2n) is 6.74. The van der Waals surface area contributed by atoms with Crippen LogP contribution in [-0.4, -0.2) is 14.9 Å². The molecule has 0 aliphatic carbocycles. The highest BCUT2D eigenvalue weighted by Gasteiger charge is 2.16. The number of ether oxygens (including phenoxy) is 1. The summed E-state index contributed by atoms with van der Waals surface area (Å²) in [5, 5.41) is 10.8. The number of pyridine rings is 2. The van der Waals surface area contributed by atoms with Crippen molar-refractivity contribution in [2.45, 2.75) is 19.8 Å². The molecule has 3 heterocycles. The lowest BCUT2D eigenvalue weighted by Crippen LogP contribution is -1.92. The van der Waals surface area contributed by atoms with Gasteiger partial charge in [-0.2, -0.15) is 0 Å². The van der Waals surface area contributed by atoms with E-state index in [1.165, 1.54) is 23.5 Å². The summed E-state index contributed by atoms with van der Waals surface area (Å²) in [6.45, 7) is 4.22. The first-order valence-electron chi connectivity index (χ1n) is 8.89. The Kier molecular flexibility index (Phi) is 4.94. The number of nitro benzene ring substituents is 1. The topological polar surface area (TPSA) is 78.2 Å². The van der Waals surface area contributed by atoms with Gasteiger partial charge in [0.1, 0.15) is 5.75 Å². The molecule has 29 heavy (non-hydrogen) atoms. The van der Waals surface area contributed by atoms with E-state index in [2.05, 4.69) is 29.9 Å². The lowest BCUT2D eigenvalue weighted by atomic mass is 10.1. The number of hydrogen-bond acceptors (Lipinski definition) is 6. The summed E-state index contributed by atoms with van der Waals surface area (Å²) >= 11 is 1.44. The lowest BCUT2D eigenvalue weighted by molar-refractivity contribution is -0.385. The van der Waals surface area contributed by atoms with Crippen LogP contribution < -0.4 is 4.74 Å². The number of fused-ring (bicyclic) bond motifs is 1. The van der Waals surface area contributed by atoms with Crippen LogP contribution in [0.4, 0.5) is 10.1 Å². The molecule has 3 aromatic heterocycles. The maximum atomic E-state index is 14.2. The number of rotatable bonds is 5. The van der Waals surface area contributed by atoms with Crippen LogP contribution in [0.5, 0.6) is 11.5 Å². The standard InChI is InChI=1S/C21H16FN3O3S/c1-12(2)13-3-5-16(24-11-13)20-10-17-21(29-20)19(7-8-23-17)28-18-6-4-14(25(26)27)9-15(18)22/h3-12H,1-2H3. The molecule has 4 aromatic rings.